The lowest BCUT2D eigenvalue weighted by atomic mass is 10.1. The molecule has 0 saturated carbocycles. The lowest BCUT2D eigenvalue weighted by Gasteiger charge is -2.05. The number of nitrogens with one attached hydrogen (secondary N) is 2. The highest BCUT2D eigenvalue weighted by Crippen LogP contribution is 2.20. The fraction of sp³-hybridized carbons (Fsp3) is 0.167. The molecular formula is C18H18N4O2S. The van der Waals surface area contributed by atoms with E-state index in [2.05, 4.69) is 20.6 Å². The summed E-state index contributed by atoms with van der Waals surface area (Å²) in [5.41, 5.74) is 2.35. The minimum atomic E-state index is -0.182. The fourth-order valence-electron chi connectivity index (χ4n) is 2.23. The van der Waals surface area contributed by atoms with Gasteiger partial charge in [-0.05, 0) is 36.2 Å². The maximum absolute atomic E-state index is 12.2. The van der Waals surface area contributed by atoms with Crippen molar-refractivity contribution in [1.82, 2.24) is 15.3 Å². The summed E-state index contributed by atoms with van der Waals surface area (Å²) in [5, 5.41) is 8.41. The Kier molecular flexibility index (Phi) is 5.58. The number of rotatable bonds is 7. The Morgan fingerprint density at radius 2 is 2.20 bits per heavy atom. The molecule has 1 aromatic carbocycles. The van der Waals surface area contributed by atoms with E-state index in [0.29, 0.717) is 17.4 Å². The molecule has 0 aliphatic rings. The Morgan fingerprint density at radius 3 is 3.00 bits per heavy atom. The van der Waals surface area contributed by atoms with Gasteiger partial charge in [0.15, 0.2) is 5.13 Å². The SMILES string of the molecule is COc1cccc(CCNC(=O)c2csc(Nc3cccnc3)n2)c1. The van der Waals surface area contributed by atoms with Crippen molar-refractivity contribution in [2.45, 2.75) is 6.42 Å². The zero-order valence-electron chi connectivity index (χ0n) is 13.7. The third kappa shape index (κ3) is 4.77. The van der Waals surface area contributed by atoms with E-state index in [1.54, 1.807) is 24.9 Å². The first-order chi connectivity index (χ1) is 12.2. The number of aromatic nitrogens is 2. The number of pyridine rings is 1. The number of hydrogen-bond acceptors (Lipinski definition) is 6. The summed E-state index contributed by atoms with van der Waals surface area (Å²) in [6.45, 7) is 0.537. The van der Waals surface area contributed by atoms with Crippen LogP contribution in [0.5, 0.6) is 5.75 Å². The van der Waals surface area contributed by atoms with Gasteiger partial charge in [-0.15, -0.1) is 11.3 Å². The molecule has 128 valence electrons. The van der Waals surface area contributed by atoms with E-state index >= 15 is 0 Å². The number of hydrogen-bond donors (Lipinski definition) is 2. The molecule has 0 spiro atoms. The van der Waals surface area contributed by atoms with E-state index in [1.165, 1.54) is 11.3 Å². The number of benzene rings is 1. The molecule has 1 amide bonds. The number of anilines is 2. The highest BCUT2D eigenvalue weighted by molar-refractivity contribution is 7.14. The van der Waals surface area contributed by atoms with Crippen molar-refractivity contribution in [3.05, 3.63) is 65.4 Å². The highest BCUT2D eigenvalue weighted by Gasteiger charge is 2.10. The summed E-state index contributed by atoms with van der Waals surface area (Å²) in [6.07, 6.45) is 4.14. The molecule has 0 fully saturated rings. The van der Waals surface area contributed by atoms with Crippen LogP contribution in [0, 0.1) is 0 Å². The maximum Gasteiger partial charge on any atom is 0.270 e. The molecule has 2 N–H and O–H groups in total. The molecule has 3 aromatic rings. The van der Waals surface area contributed by atoms with Crippen LogP contribution in [0.25, 0.3) is 0 Å². The van der Waals surface area contributed by atoms with Gasteiger partial charge in [-0.2, -0.15) is 0 Å². The van der Waals surface area contributed by atoms with E-state index in [4.69, 9.17) is 4.74 Å². The van der Waals surface area contributed by atoms with Gasteiger partial charge in [0.1, 0.15) is 11.4 Å². The number of methoxy groups -OCH3 is 1. The quantitative estimate of drug-likeness (QED) is 0.681. The van der Waals surface area contributed by atoms with Crippen molar-refractivity contribution in [3.63, 3.8) is 0 Å². The van der Waals surface area contributed by atoms with Crippen LogP contribution in [-0.2, 0) is 6.42 Å². The molecule has 6 nitrogen and oxygen atoms in total. The first kappa shape index (κ1) is 16.9. The van der Waals surface area contributed by atoms with Crippen LogP contribution in [-0.4, -0.2) is 29.5 Å². The number of ether oxygens (including phenoxy) is 1. The smallest absolute Gasteiger partial charge is 0.270 e. The van der Waals surface area contributed by atoms with Gasteiger partial charge in [-0.25, -0.2) is 4.98 Å². The second-order valence-electron chi connectivity index (χ2n) is 5.26. The van der Waals surface area contributed by atoms with Crippen molar-refractivity contribution in [2.24, 2.45) is 0 Å². The summed E-state index contributed by atoms with van der Waals surface area (Å²) in [5.74, 6) is 0.632. The molecule has 2 aromatic heterocycles. The van der Waals surface area contributed by atoms with Crippen LogP contribution >= 0.6 is 11.3 Å². The number of amides is 1. The van der Waals surface area contributed by atoms with Gasteiger partial charge in [0, 0.05) is 18.1 Å². The van der Waals surface area contributed by atoms with Gasteiger partial charge >= 0.3 is 0 Å². The zero-order chi connectivity index (χ0) is 17.5. The molecule has 25 heavy (non-hydrogen) atoms. The molecule has 0 unspecified atom stereocenters. The predicted molar refractivity (Wildman–Crippen MR) is 98.7 cm³/mol. The number of carbonyl (C=O) groups is 1. The molecular weight excluding hydrogens is 336 g/mol. The predicted octanol–water partition coefficient (Wildman–Crippen LogP) is 3.26. The van der Waals surface area contributed by atoms with Crippen LogP contribution in [0.15, 0.2) is 54.2 Å². The van der Waals surface area contributed by atoms with Crippen LogP contribution in [0.3, 0.4) is 0 Å². The van der Waals surface area contributed by atoms with Gasteiger partial charge in [-0.3, -0.25) is 9.78 Å². The largest absolute Gasteiger partial charge is 0.497 e. The van der Waals surface area contributed by atoms with Crippen LogP contribution in [0.1, 0.15) is 16.1 Å². The van der Waals surface area contributed by atoms with Crippen LogP contribution < -0.4 is 15.4 Å². The molecule has 3 rings (SSSR count). The lowest BCUT2D eigenvalue weighted by molar-refractivity contribution is 0.0950. The minimum absolute atomic E-state index is 0.182. The Bertz CT molecular complexity index is 836. The van der Waals surface area contributed by atoms with Crippen molar-refractivity contribution < 1.29 is 9.53 Å². The Balaban J connectivity index is 1.51. The van der Waals surface area contributed by atoms with E-state index in [1.807, 2.05) is 36.4 Å². The van der Waals surface area contributed by atoms with Crippen LogP contribution in [0.2, 0.25) is 0 Å². The van der Waals surface area contributed by atoms with E-state index < -0.39 is 0 Å². The minimum Gasteiger partial charge on any atom is -0.497 e. The molecule has 2 heterocycles. The molecule has 0 aliphatic carbocycles. The Labute approximate surface area is 149 Å². The summed E-state index contributed by atoms with van der Waals surface area (Å²) < 4.78 is 5.20. The highest BCUT2D eigenvalue weighted by atomic mass is 32.1. The van der Waals surface area contributed by atoms with Crippen molar-refractivity contribution in [3.8, 4) is 5.75 Å². The zero-order valence-corrected chi connectivity index (χ0v) is 14.5. The summed E-state index contributed by atoms with van der Waals surface area (Å²) >= 11 is 1.38. The van der Waals surface area contributed by atoms with E-state index in [9.17, 15) is 4.79 Å². The summed E-state index contributed by atoms with van der Waals surface area (Å²) in [4.78, 5) is 20.5. The van der Waals surface area contributed by atoms with E-state index in [-0.39, 0.29) is 5.91 Å². The average Bonchev–Trinajstić information content (AvgIpc) is 3.11. The standard InChI is InChI=1S/C18H18N4O2S/c1-24-15-6-2-4-13(10-15)7-9-20-17(23)16-12-25-18(22-16)21-14-5-3-8-19-11-14/h2-6,8,10-12H,7,9H2,1H3,(H,20,23)(H,21,22). The molecule has 0 aliphatic heterocycles. The molecule has 0 saturated heterocycles. The second-order valence-corrected chi connectivity index (χ2v) is 6.12. The first-order valence-electron chi connectivity index (χ1n) is 7.78. The fourth-order valence-corrected chi connectivity index (χ4v) is 2.95. The third-order valence-corrected chi connectivity index (χ3v) is 4.24. The van der Waals surface area contributed by atoms with Crippen molar-refractivity contribution in [1.29, 1.82) is 0 Å². The van der Waals surface area contributed by atoms with E-state index in [0.717, 1.165) is 23.4 Å². The van der Waals surface area contributed by atoms with Gasteiger partial charge in [0.05, 0.1) is 19.0 Å². The number of thiazole rings is 1. The van der Waals surface area contributed by atoms with Crippen molar-refractivity contribution >= 4 is 28.1 Å². The monoisotopic (exact) mass is 354 g/mol. The molecule has 7 heteroatoms. The third-order valence-electron chi connectivity index (χ3n) is 3.48. The van der Waals surface area contributed by atoms with Crippen LogP contribution in [0.4, 0.5) is 10.8 Å². The average molecular weight is 354 g/mol. The molecule has 0 atom stereocenters. The second kappa shape index (κ2) is 8.25. The first-order valence-corrected chi connectivity index (χ1v) is 8.66. The number of nitrogens with zero attached hydrogens (tertiary/aromatic N) is 2. The molecule has 0 radical (unpaired) electrons. The molecule has 0 bridgehead atoms. The van der Waals surface area contributed by atoms with Gasteiger partial charge in [0.25, 0.3) is 5.91 Å². The maximum atomic E-state index is 12.2. The van der Waals surface area contributed by atoms with Gasteiger partial charge < -0.3 is 15.4 Å². The Morgan fingerprint density at radius 1 is 1.28 bits per heavy atom. The topological polar surface area (TPSA) is 76.1 Å². The lowest BCUT2D eigenvalue weighted by Crippen LogP contribution is -2.26. The summed E-state index contributed by atoms with van der Waals surface area (Å²) in [6, 6.07) is 11.5. The van der Waals surface area contributed by atoms with Gasteiger partial charge in [-0.1, -0.05) is 12.1 Å². The van der Waals surface area contributed by atoms with Crippen molar-refractivity contribution in [2.75, 3.05) is 19.0 Å². The Hall–Kier alpha value is -2.93. The van der Waals surface area contributed by atoms with Gasteiger partial charge in [0.2, 0.25) is 0 Å². The normalized spacial score (nSPS) is 10.3. The summed E-state index contributed by atoms with van der Waals surface area (Å²) in [7, 11) is 1.64. The number of carbonyl (C=O) groups excluding carboxylic acids is 1.